The Hall–Kier alpha value is -3.05. The SMILES string of the molecule is C=C(C)c1cccc(C(C)(C)NC(=O)N2Cc3[nH]c4ccccc4c3CC2CO)c1. The van der Waals surface area contributed by atoms with Crippen molar-refractivity contribution < 1.29 is 9.90 Å². The number of aromatic nitrogens is 1. The number of allylic oxidation sites excluding steroid dienone is 1. The van der Waals surface area contributed by atoms with Gasteiger partial charge >= 0.3 is 6.03 Å². The van der Waals surface area contributed by atoms with Crippen molar-refractivity contribution in [3.05, 3.63) is 77.5 Å². The Bertz CT molecular complexity index is 1110. The van der Waals surface area contributed by atoms with Crippen LogP contribution in [0.5, 0.6) is 0 Å². The largest absolute Gasteiger partial charge is 0.394 e. The van der Waals surface area contributed by atoms with Crippen LogP contribution in [0.3, 0.4) is 0 Å². The Morgan fingerprint density at radius 2 is 2.03 bits per heavy atom. The summed E-state index contributed by atoms with van der Waals surface area (Å²) >= 11 is 0. The number of H-pyrrole nitrogens is 1. The highest BCUT2D eigenvalue weighted by Gasteiger charge is 2.34. The molecule has 0 aliphatic carbocycles. The van der Waals surface area contributed by atoms with Gasteiger partial charge in [0.25, 0.3) is 0 Å². The number of nitrogens with zero attached hydrogens (tertiary/aromatic N) is 1. The van der Waals surface area contributed by atoms with Gasteiger partial charge in [0, 0.05) is 16.6 Å². The Labute approximate surface area is 177 Å². The zero-order valence-electron chi connectivity index (χ0n) is 17.8. The molecule has 2 aromatic carbocycles. The molecule has 2 heterocycles. The number of nitrogens with one attached hydrogen (secondary N) is 2. The summed E-state index contributed by atoms with van der Waals surface area (Å²) in [7, 11) is 0. The van der Waals surface area contributed by atoms with Crippen molar-refractivity contribution in [1.82, 2.24) is 15.2 Å². The van der Waals surface area contributed by atoms with Crippen molar-refractivity contribution >= 4 is 22.5 Å². The molecule has 0 saturated heterocycles. The molecule has 0 spiro atoms. The first-order chi connectivity index (χ1) is 14.3. The van der Waals surface area contributed by atoms with Gasteiger partial charge in [0.05, 0.1) is 24.7 Å². The quantitative estimate of drug-likeness (QED) is 0.597. The average Bonchev–Trinajstić information content (AvgIpc) is 3.10. The lowest BCUT2D eigenvalue weighted by Crippen LogP contribution is -2.54. The van der Waals surface area contributed by atoms with E-state index >= 15 is 0 Å². The van der Waals surface area contributed by atoms with Crippen molar-refractivity contribution in [3.63, 3.8) is 0 Å². The highest BCUT2D eigenvalue weighted by molar-refractivity contribution is 5.86. The number of aliphatic hydroxyl groups excluding tert-OH is 1. The van der Waals surface area contributed by atoms with E-state index in [9.17, 15) is 9.90 Å². The van der Waals surface area contributed by atoms with Crippen LogP contribution in [0.25, 0.3) is 16.5 Å². The van der Waals surface area contributed by atoms with Crippen LogP contribution in [0.2, 0.25) is 0 Å². The van der Waals surface area contributed by atoms with E-state index in [4.69, 9.17) is 0 Å². The van der Waals surface area contributed by atoms with E-state index in [1.165, 1.54) is 10.9 Å². The number of rotatable bonds is 4. The predicted molar refractivity (Wildman–Crippen MR) is 121 cm³/mol. The van der Waals surface area contributed by atoms with E-state index in [2.05, 4.69) is 29.0 Å². The van der Waals surface area contributed by atoms with Crippen LogP contribution in [-0.4, -0.2) is 33.7 Å². The number of amides is 2. The lowest BCUT2D eigenvalue weighted by atomic mass is 9.91. The fourth-order valence-corrected chi connectivity index (χ4v) is 4.25. The Balaban J connectivity index is 1.59. The van der Waals surface area contributed by atoms with Gasteiger partial charge in [0.2, 0.25) is 0 Å². The Morgan fingerprint density at radius 1 is 1.27 bits per heavy atom. The third-order valence-electron chi connectivity index (χ3n) is 6.08. The number of fused-ring (bicyclic) bond motifs is 3. The van der Waals surface area contributed by atoms with Crippen molar-refractivity contribution in [3.8, 4) is 0 Å². The summed E-state index contributed by atoms with van der Waals surface area (Å²) in [6.45, 7) is 10.4. The predicted octanol–water partition coefficient (Wildman–Crippen LogP) is 4.56. The van der Waals surface area contributed by atoms with Crippen molar-refractivity contribution in [2.24, 2.45) is 0 Å². The molecule has 1 aliphatic heterocycles. The standard InChI is InChI=1S/C25H29N3O2/c1-16(2)17-8-7-9-18(12-17)25(3,4)27-24(30)28-14-23-21(13-19(28)15-29)20-10-5-6-11-22(20)26-23/h5-12,19,26,29H,1,13-15H2,2-4H3,(H,27,30). The second-order valence-electron chi connectivity index (χ2n) is 8.71. The molecule has 0 saturated carbocycles. The molecule has 1 aliphatic rings. The molecular weight excluding hydrogens is 374 g/mol. The van der Waals surface area contributed by atoms with E-state index in [1.807, 2.05) is 57.2 Å². The summed E-state index contributed by atoms with van der Waals surface area (Å²) in [5, 5.41) is 14.4. The second-order valence-corrected chi connectivity index (χ2v) is 8.71. The molecule has 2 amide bonds. The fourth-order valence-electron chi connectivity index (χ4n) is 4.25. The molecule has 5 heteroatoms. The van der Waals surface area contributed by atoms with Gasteiger partial charge in [-0.25, -0.2) is 4.79 Å². The Morgan fingerprint density at radius 3 is 2.77 bits per heavy atom. The smallest absolute Gasteiger partial charge is 0.318 e. The number of urea groups is 1. The first kappa shape index (κ1) is 20.2. The van der Waals surface area contributed by atoms with Crippen LogP contribution in [-0.2, 0) is 18.5 Å². The summed E-state index contributed by atoms with van der Waals surface area (Å²) < 4.78 is 0. The van der Waals surface area contributed by atoms with Crippen LogP contribution in [0.15, 0.2) is 55.1 Å². The minimum absolute atomic E-state index is 0.0715. The minimum Gasteiger partial charge on any atom is -0.394 e. The molecule has 0 radical (unpaired) electrons. The van der Waals surface area contributed by atoms with Gasteiger partial charge < -0.3 is 20.3 Å². The zero-order valence-corrected chi connectivity index (χ0v) is 17.8. The lowest BCUT2D eigenvalue weighted by Gasteiger charge is -2.38. The van der Waals surface area contributed by atoms with Gasteiger partial charge in [-0.15, -0.1) is 0 Å². The van der Waals surface area contributed by atoms with E-state index in [0.29, 0.717) is 13.0 Å². The van der Waals surface area contributed by atoms with Gasteiger partial charge in [0.15, 0.2) is 0 Å². The normalized spacial score (nSPS) is 16.4. The number of carbonyl (C=O) groups is 1. The van der Waals surface area contributed by atoms with E-state index < -0.39 is 5.54 Å². The third kappa shape index (κ3) is 3.61. The van der Waals surface area contributed by atoms with E-state index in [1.54, 1.807) is 4.90 Å². The van der Waals surface area contributed by atoms with Crippen LogP contribution < -0.4 is 5.32 Å². The molecule has 156 valence electrons. The van der Waals surface area contributed by atoms with Crippen molar-refractivity contribution in [1.29, 1.82) is 0 Å². The molecule has 1 atom stereocenters. The molecule has 30 heavy (non-hydrogen) atoms. The molecule has 0 bridgehead atoms. The number of hydrogen-bond donors (Lipinski definition) is 3. The topological polar surface area (TPSA) is 68.4 Å². The van der Waals surface area contributed by atoms with Gasteiger partial charge in [-0.1, -0.05) is 48.6 Å². The van der Waals surface area contributed by atoms with Gasteiger partial charge in [-0.2, -0.15) is 0 Å². The van der Waals surface area contributed by atoms with Crippen LogP contribution >= 0.6 is 0 Å². The van der Waals surface area contributed by atoms with Crippen molar-refractivity contribution in [2.45, 2.75) is 45.3 Å². The molecule has 4 rings (SSSR count). The first-order valence-corrected chi connectivity index (χ1v) is 10.3. The maximum absolute atomic E-state index is 13.3. The third-order valence-corrected chi connectivity index (χ3v) is 6.08. The highest BCUT2D eigenvalue weighted by Crippen LogP contribution is 2.31. The van der Waals surface area contributed by atoms with E-state index in [0.717, 1.165) is 27.9 Å². The summed E-state index contributed by atoms with van der Waals surface area (Å²) in [5.74, 6) is 0. The second kappa shape index (κ2) is 7.65. The summed E-state index contributed by atoms with van der Waals surface area (Å²) in [6, 6.07) is 15.8. The number of carbonyl (C=O) groups excluding carboxylic acids is 1. The van der Waals surface area contributed by atoms with Crippen LogP contribution in [0.1, 0.15) is 43.2 Å². The molecular formula is C25H29N3O2. The highest BCUT2D eigenvalue weighted by atomic mass is 16.3. The average molecular weight is 404 g/mol. The summed E-state index contributed by atoms with van der Waals surface area (Å²) in [4.78, 5) is 18.5. The minimum atomic E-state index is -0.566. The summed E-state index contributed by atoms with van der Waals surface area (Å²) in [6.07, 6.45) is 0.634. The molecule has 3 aromatic rings. The molecule has 1 unspecified atom stereocenters. The number of para-hydroxylation sites is 1. The Kier molecular flexibility index (Phi) is 5.16. The monoisotopic (exact) mass is 403 g/mol. The first-order valence-electron chi connectivity index (χ1n) is 10.3. The molecule has 5 nitrogen and oxygen atoms in total. The number of aromatic amines is 1. The van der Waals surface area contributed by atoms with Crippen molar-refractivity contribution in [2.75, 3.05) is 6.61 Å². The van der Waals surface area contributed by atoms with E-state index in [-0.39, 0.29) is 18.7 Å². The van der Waals surface area contributed by atoms with Crippen LogP contribution in [0, 0.1) is 0 Å². The fraction of sp³-hybridized carbons (Fsp3) is 0.320. The lowest BCUT2D eigenvalue weighted by molar-refractivity contribution is 0.115. The van der Waals surface area contributed by atoms with Gasteiger partial charge in [-0.05, 0) is 56.0 Å². The van der Waals surface area contributed by atoms with Gasteiger partial charge in [-0.3, -0.25) is 0 Å². The number of hydrogen-bond acceptors (Lipinski definition) is 2. The zero-order chi connectivity index (χ0) is 21.5. The molecule has 0 fully saturated rings. The van der Waals surface area contributed by atoms with Gasteiger partial charge in [0.1, 0.15) is 0 Å². The summed E-state index contributed by atoms with van der Waals surface area (Å²) in [5.41, 5.74) is 5.80. The number of benzene rings is 2. The molecule has 1 aromatic heterocycles. The maximum Gasteiger partial charge on any atom is 0.318 e. The maximum atomic E-state index is 13.3. The molecule has 3 N–H and O–H groups in total. The number of aliphatic hydroxyl groups is 1. The van der Waals surface area contributed by atoms with Crippen LogP contribution in [0.4, 0.5) is 4.79 Å².